The van der Waals surface area contributed by atoms with Gasteiger partial charge in [0, 0.05) is 0 Å². The fourth-order valence-electron chi connectivity index (χ4n) is 5.50. The Morgan fingerprint density at radius 3 is 2.00 bits per heavy atom. The number of nitrogens with one attached hydrogen (secondary N) is 1. The number of hydrogen-bond acceptors (Lipinski definition) is 10. The molecule has 1 fully saturated rings. The van der Waals surface area contributed by atoms with Crippen molar-refractivity contribution in [2.24, 2.45) is 0 Å². The van der Waals surface area contributed by atoms with Crippen LogP contribution in [0.4, 0.5) is 0 Å². The summed E-state index contributed by atoms with van der Waals surface area (Å²) in [5.74, 6) is 0. The van der Waals surface area contributed by atoms with E-state index in [2.05, 4.69) is 11.6 Å². The number of rotatable bonds is 22. The molecular weight excluding hydrogens is 590 g/mol. The van der Waals surface area contributed by atoms with Crippen LogP contribution in [0.2, 0.25) is 0 Å². The summed E-state index contributed by atoms with van der Waals surface area (Å²) in [6, 6.07) is 3.60. The Kier molecular flexibility index (Phi) is 17.8. The molecule has 0 aliphatic carbocycles. The molecule has 1 aromatic rings. The zero-order chi connectivity index (χ0) is 32.7. The molecule has 0 radical (unpaired) electrons. The maximum Gasteiger partial charge on any atom is 0.241 e. The van der Waals surface area contributed by atoms with Crippen molar-refractivity contribution < 1.29 is 48.5 Å². The summed E-state index contributed by atoms with van der Waals surface area (Å²) in [6.45, 7) is 4.42. The molecule has 1 aromatic carbocycles. The van der Waals surface area contributed by atoms with Crippen molar-refractivity contribution in [1.82, 2.24) is 4.72 Å². The van der Waals surface area contributed by atoms with Crippen LogP contribution >= 0.6 is 0 Å². The number of unbranched alkanes of at least 4 members (excludes halogenated alkanes) is 11. The van der Waals surface area contributed by atoms with Gasteiger partial charge < -0.3 is 40.1 Å². The largest absolute Gasteiger partial charge is 0.394 e. The number of aliphatic hydroxyl groups excluding tert-OH is 6. The van der Waals surface area contributed by atoms with Crippen LogP contribution in [0, 0.1) is 13.8 Å². The van der Waals surface area contributed by atoms with Crippen LogP contribution in [0.1, 0.15) is 102 Å². The number of aryl methyl sites for hydroxylation is 2. The first-order chi connectivity index (χ1) is 20.9. The summed E-state index contributed by atoms with van der Waals surface area (Å²) >= 11 is 0. The van der Waals surface area contributed by atoms with Gasteiger partial charge >= 0.3 is 0 Å². The van der Waals surface area contributed by atoms with E-state index < -0.39 is 72.2 Å². The van der Waals surface area contributed by atoms with Crippen LogP contribution < -0.4 is 4.72 Å². The molecule has 0 amide bonds. The Labute approximate surface area is 263 Å². The monoisotopic (exact) mass is 647 g/mol. The Morgan fingerprint density at radius 2 is 1.43 bits per heavy atom. The third kappa shape index (κ3) is 12.5. The topological polar surface area (TPSA) is 186 Å². The molecule has 11 nitrogen and oxygen atoms in total. The van der Waals surface area contributed by atoms with Crippen molar-refractivity contribution >= 4 is 10.0 Å². The highest BCUT2D eigenvalue weighted by Gasteiger charge is 2.44. The third-order valence-electron chi connectivity index (χ3n) is 8.39. The molecule has 1 heterocycles. The Hall–Kier alpha value is -1.19. The van der Waals surface area contributed by atoms with Crippen molar-refractivity contribution in [1.29, 1.82) is 0 Å². The van der Waals surface area contributed by atoms with E-state index in [0.717, 1.165) is 24.8 Å². The summed E-state index contributed by atoms with van der Waals surface area (Å²) in [7, 11) is -4.17. The van der Waals surface area contributed by atoms with E-state index in [4.69, 9.17) is 9.47 Å². The second kappa shape index (κ2) is 20.1. The summed E-state index contributed by atoms with van der Waals surface area (Å²) in [5, 5.41) is 61.9. The number of sulfonamides is 1. The first-order valence-corrected chi connectivity index (χ1v) is 17.8. The van der Waals surface area contributed by atoms with E-state index in [1.165, 1.54) is 57.4 Å². The maximum absolute atomic E-state index is 13.4. The minimum Gasteiger partial charge on any atom is -0.394 e. The van der Waals surface area contributed by atoms with Gasteiger partial charge in [0.25, 0.3) is 0 Å². The van der Waals surface area contributed by atoms with Gasteiger partial charge in [0.05, 0.1) is 36.4 Å². The summed E-state index contributed by atoms with van der Waals surface area (Å²) in [5.41, 5.74) is 1.21. The lowest BCUT2D eigenvalue weighted by Gasteiger charge is -2.40. The van der Waals surface area contributed by atoms with E-state index in [1.807, 2.05) is 0 Å². The average molecular weight is 648 g/mol. The van der Waals surface area contributed by atoms with E-state index >= 15 is 0 Å². The molecule has 0 unspecified atom stereocenters. The summed E-state index contributed by atoms with van der Waals surface area (Å²) < 4.78 is 40.1. The van der Waals surface area contributed by atoms with E-state index in [0.29, 0.717) is 12.0 Å². The van der Waals surface area contributed by atoms with Crippen molar-refractivity contribution in [3.05, 3.63) is 29.3 Å². The average Bonchev–Trinajstić information content (AvgIpc) is 3.00. The molecular formula is C32H57NO10S. The number of hydrogen-bond donors (Lipinski definition) is 7. The van der Waals surface area contributed by atoms with Gasteiger partial charge in [-0.1, -0.05) is 96.1 Å². The van der Waals surface area contributed by atoms with Crippen LogP contribution in [0.3, 0.4) is 0 Å². The van der Waals surface area contributed by atoms with Crippen LogP contribution in [-0.4, -0.2) is 101 Å². The van der Waals surface area contributed by atoms with Gasteiger partial charge in [-0.2, -0.15) is 0 Å². The van der Waals surface area contributed by atoms with Crippen molar-refractivity contribution in [3.63, 3.8) is 0 Å². The van der Waals surface area contributed by atoms with Gasteiger partial charge in [-0.3, -0.25) is 0 Å². The molecule has 1 saturated heterocycles. The predicted octanol–water partition coefficient (Wildman–Crippen LogP) is 2.58. The highest BCUT2D eigenvalue weighted by atomic mass is 32.2. The third-order valence-corrected chi connectivity index (χ3v) is 10.0. The van der Waals surface area contributed by atoms with Crippen LogP contribution in [0.15, 0.2) is 23.1 Å². The van der Waals surface area contributed by atoms with Crippen molar-refractivity contribution in [3.8, 4) is 0 Å². The van der Waals surface area contributed by atoms with E-state index in [9.17, 15) is 39.1 Å². The van der Waals surface area contributed by atoms with Gasteiger partial charge in [0.2, 0.25) is 10.0 Å². The SMILES string of the molecule is CCCCCCCCCCCCCC[C@@H](O)[C@@H](O)[C@@H](CO[C@H]1O[C@H](CO)[C@H](O)[C@H](O)[C@H]1O)NS(=O)(=O)c1cc(C)ccc1C. The molecule has 1 aliphatic heterocycles. The first kappa shape index (κ1) is 39.0. The maximum atomic E-state index is 13.4. The number of ether oxygens (including phenoxy) is 2. The second-order valence-corrected chi connectivity index (χ2v) is 13.9. The zero-order valence-corrected chi connectivity index (χ0v) is 27.5. The Bertz CT molecular complexity index is 1040. The molecule has 1 aliphatic rings. The molecule has 256 valence electrons. The number of aliphatic hydroxyl groups is 6. The quantitative estimate of drug-likeness (QED) is 0.0923. The standard InChI is InChI=1S/C32H57NO10S/c1-4-5-6-7-8-9-10-11-12-13-14-15-16-25(35)28(36)24(33-44(40,41)27-19-22(2)17-18-23(27)3)21-42-32-31(39)30(38)29(37)26(20-34)43-32/h17-19,24-26,28-39H,4-16,20-21H2,1-3H3/t24-,25-,26-,28+,29+,30+,31-,32+/m1/s1. The van der Waals surface area contributed by atoms with Gasteiger partial charge in [-0.15, -0.1) is 0 Å². The van der Waals surface area contributed by atoms with E-state index in [-0.39, 0.29) is 11.3 Å². The predicted molar refractivity (Wildman–Crippen MR) is 167 cm³/mol. The smallest absolute Gasteiger partial charge is 0.241 e. The Balaban J connectivity index is 1.97. The summed E-state index contributed by atoms with van der Waals surface area (Å²) in [4.78, 5) is 0.0120. The molecule has 0 saturated carbocycles. The first-order valence-electron chi connectivity index (χ1n) is 16.3. The lowest BCUT2D eigenvalue weighted by atomic mass is 9.99. The molecule has 12 heteroatoms. The lowest BCUT2D eigenvalue weighted by molar-refractivity contribution is -0.303. The van der Waals surface area contributed by atoms with Crippen LogP contribution in [0.25, 0.3) is 0 Å². The molecule has 7 N–H and O–H groups in total. The van der Waals surface area contributed by atoms with Gasteiger partial charge in [0.1, 0.15) is 24.4 Å². The van der Waals surface area contributed by atoms with Gasteiger partial charge in [-0.05, 0) is 37.5 Å². The summed E-state index contributed by atoms with van der Waals surface area (Å²) in [6.07, 6.45) is 3.51. The van der Waals surface area contributed by atoms with Crippen molar-refractivity contribution in [2.45, 2.75) is 158 Å². The second-order valence-electron chi connectivity index (χ2n) is 12.3. The van der Waals surface area contributed by atoms with Crippen molar-refractivity contribution in [2.75, 3.05) is 13.2 Å². The van der Waals surface area contributed by atoms with Crippen LogP contribution in [-0.2, 0) is 19.5 Å². The normalized spacial score (nSPS) is 24.7. The molecule has 44 heavy (non-hydrogen) atoms. The van der Waals surface area contributed by atoms with Gasteiger partial charge in [0.15, 0.2) is 6.29 Å². The molecule has 0 aromatic heterocycles. The lowest BCUT2D eigenvalue weighted by Crippen LogP contribution is -2.60. The Morgan fingerprint density at radius 1 is 0.864 bits per heavy atom. The number of benzene rings is 1. The highest BCUT2D eigenvalue weighted by molar-refractivity contribution is 7.89. The minimum absolute atomic E-state index is 0.0120. The molecule has 8 atom stereocenters. The highest BCUT2D eigenvalue weighted by Crippen LogP contribution is 2.24. The minimum atomic E-state index is -4.17. The molecule has 2 rings (SSSR count). The van der Waals surface area contributed by atoms with Gasteiger partial charge in [-0.25, -0.2) is 13.1 Å². The van der Waals surface area contributed by atoms with E-state index in [1.54, 1.807) is 26.0 Å². The zero-order valence-electron chi connectivity index (χ0n) is 26.7. The molecule has 0 bridgehead atoms. The fourth-order valence-corrected chi connectivity index (χ4v) is 7.06. The molecule has 0 spiro atoms. The fraction of sp³-hybridized carbons (Fsp3) is 0.812. The van der Waals surface area contributed by atoms with Crippen LogP contribution in [0.5, 0.6) is 0 Å².